The molecule has 6 heteroatoms. The first-order valence-corrected chi connectivity index (χ1v) is 11.4. The fraction of sp³-hybridized carbons (Fsp3) is 0.391. The van der Waals surface area contributed by atoms with Crippen LogP contribution >= 0.6 is 0 Å². The van der Waals surface area contributed by atoms with E-state index in [0.29, 0.717) is 23.7 Å². The largest absolute Gasteiger partial charge is 0.493 e. The van der Waals surface area contributed by atoms with E-state index in [9.17, 15) is 8.42 Å². The average molecular weight is 414 g/mol. The lowest BCUT2D eigenvalue weighted by Gasteiger charge is -2.33. The van der Waals surface area contributed by atoms with Crippen LogP contribution in [0.3, 0.4) is 0 Å². The van der Waals surface area contributed by atoms with Gasteiger partial charge in [-0.05, 0) is 61.1 Å². The second kappa shape index (κ2) is 7.84. The summed E-state index contributed by atoms with van der Waals surface area (Å²) in [6.07, 6.45) is 6.00. The van der Waals surface area contributed by atoms with Crippen molar-refractivity contribution in [2.24, 2.45) is 5.92 Å². The van der Waals surface area contributed by atoms with Gasteiger partial charge in [0.2, 0.25) is 10.0 Å². The Bertz CT molecular complexity index is 1030. The highest BCUT2D eigenvalue weighted by Crippen LogP contribution is 2.43. The molecule has 154 valence electrons. The minimum absolute atomic E-state index is 0.178. The first-order chi connectivity index (χ1) is 13.9. The summed E-state index contributed by atoms with van der Waals surface area (Å²) >= 11 is 0. The molecule has 1 aliphatic heterocycles. The number of ether oxygens (including phenoxy) is 2. The van der Waals surface area contributed by atoms with E-state index >= 15 is 0 Å². The van der Waals surface area contributed by atoms with Gasteiger partial charge in [0, 0.05) is 19.0 Å². The summed E-state index contributed by atoms with van der Waals surface area (Å²) in [4.78, 5) is 0.359. The van der Waals surface area contributed by atoms with Crippen LogP contribution in [0.1, 0.15) is 29.0 Å². The number of fused-ring (bicyclic) bond motifs is 3. The van der Waals surface area contributed by atoms with Crippen molar-refractivity contribution in [3.05, 3.63) is 65.2 Å². The molecule has 5 nitrogen and oxygen atoms in total. The minimum atomic E-state index is -3.52. The molecule has 4 rings (SSSR count). The highest BCUT2D eigenvalue weighted by Gasteiger charge is 2.35. The number of benzene rings is 2. The quantitative estimate of drug-likeness (QED) is 0.713. The molecular formula is C23H27NO4S. The molecule has 2 aromatic rings. The predicted octanol–water partition coefficient (Wildman–Crippen LogP) is 3.92. The van der Waals surface area contributed by atoms with E-state index in [2.05, 4.69) is 18.2 Å². The van der Waals surface area contributed by atoms with Crippen molar-refractivity contribution in [1.29, 1.82) is 0 Å². The molecule has 2 aliphatic rings. The van der Waals surface area contributed by atoms with Crippen molar-refractivity contribution < 1.29 is 17.9 Å². The SMILES string of the molecule is COc1cc2c(cc1OC)[C@H]1C=CCN(S(=O)(=O)c3ccc(C)cc3)C[C@H]1CC2. The predicted molar refractivity (Wildman–Crippen MR) is 113 cm³/mol. The van der Waals surface area contributed by atoms with E-state index in [1.54, 1.807) is 30.7 Å². The second-order valence-electron chi connectivity index (χ2n) is 7.79. The van der Waals surface area contributed by atoms with E-state index in [4.69, 9.17) is 9.47 Å². The highest BCUT2D eigenvalue weighted by molar-refractivity contribution is 7.89. The van der Waals surface area contributed by atoms with Crippen molar-refractivity contribution in [1.82, 2.24) is 4.31 Å². The number of sulfonamides is 1. The Labute approximate surface area is 173 Å². The molecule has 0 bridgehead atoms. The minimum Gasteiger partial charge on any atom is -0.493 e. The van der Waals surface area contributed by atoms with E-state index < -0.39 is 10.0 Å². The third-order valence-corrected chi connectivity index (χ3v) is 7.89. The maximum atomic E-state index is 13.2. The number of nitrogens with zero attached hydrogens (tertiary/aromatic N) is 1. The van der Waals surface area contributed by atoms with Crippen molar-refractivity contribution in [2.45, 2.75) is 30.6 Å². The summed E-state index contributed by atoms with van der Waals surface area (Å²) in [6.45, 7) is 2.87. The standard InChI is InChI=1S/C23H27NO4S/c1-16-6-10-19(11-7-16)29(25,26)24-12-4-5-20-18(15-24)9-8-17-13-22(27-2)23(28-3)14-21(17)20/h4-7,10-11,13-14,18,20H,8-9,12,15H2,1-3H3/t18-,20+/m1/s1. The normalized spacial score (nSPS) is 21.8. The smallest absolute Gasteiger partial charge is 0.243 e. The zero-order valence-corrected chi connectivity index (χ0v) is 17.9. The van der Waals surface area contributed by atoms with Gasteiger partial charge in [0.15, 0.2) is 11.5 Å². The Morgan fingerprint density at radius 2 is 1.72 bits per heavy atom. The monoisotopic (exact) mass is 413 g/mol. The van der Waals surface area contributed by atoms with Crippen LogP contribution in [0.25, 0.3) is 0 Å². The lowest BCUT2D eigenvalue weighted by molar-refractivity contribution is 0.322. The molecule has 1 aliphatic carbocycles. The summed E-state index contributed by atoms with van der Waals surface area (Å²) in [5, 5.41) is 0. The van der Waals surface area contributed by atoms with Crippen LogP contribution in [0.2, 0.25) is 0 Å². The Hall–Kier alpha value is -2.31. The van der Waals surface area contributed by atoms with Gasteiger partial charge >= 0.3 is 0 Å². The third kappa shape index (κ3) is 3.67. The molecule has 0 amide bonds. The van der Waals surface area contributed by atoms with Gasteiger partial charge in [0.25, 0.3) is 0 Å². The van der Waals surface area contributed by atoms with Crippen LogP contribution in [0.5, 0.6) is 11.5 Å². The molecule has 0 saturated carbocycles. The molecule has 0 radical (unpaired) electrons. The van der Waals surface area contributed by atoms with E-state index in [-0.39, 0.29) is 11.8 Å². The topological polar surface area (TPSA) is 55.8 Å². The Balaban J connectivity index is 1.65. The lowest BCUT2D eigenvalue weighted by Crippen LogP contribution is -2.36. The molecule has 0 fully saturated rings. The average Bonchev–Trinajstić information content (AvgIpc) is 2.96. The second-order valence-corrected chi connectivity index (χ2v) is 9.73. The number of aryl methyl sites for hydroxylation is 2. The fourth-order valence-electron chi connectivity index (χ4n) is 4.42. The zero-order chi connectivity index (χ0) is 20.6. The number of rotatable bonds is 4. The van der Waals surface area contributed by atoms with E-state index in [1.165, 1.54) is 11.1 Å². The zero-order valence-electron chi connectivity index (χ0n) is 17.1. The molecule has 1 heterocycles. The lowest BCUT2D eigenvalue weighted by atomic mass is 9.75. The maximum Gasteiger partial charge on any atom is 0.243 e. The molecule has 0 unspecified atom stereocenters. The summed E-state index contributed by atoms with van der Waals surface area (Å²) < 4.78 is 39.0. The van der Waals surface area contributed by atoms with Gasteiger partial charge in [-0.25, -0.2) is 8.42 Å². The summed E-state index contributed by atoms with van der Waals surface area (Å²) in [6, 6.07) is 11.2. The van der Waals surface area contributed by atoms with Gasteiger partial charge < -0.3 is 9.47 Å². The molecular weight excluding hydrogens is 386 g/mol. The fourth-order valence-corrected chi connectivity index (χ4v) is 5.87. The molecule has 2 aromatic carbocycles. The summed E-state index contributed by atoms with van der Waals surface area (Å²) in [5.74, 6) is 1.87. The first kappa shape index (κ1) is 20.0. The summed E-state index contributed by atoms with van der Waals surface area (Å²) in [5.41, 5.74) is 3.51. The highest BCUT2D eigenvalue weighted by atomic mass is 32.2. The van der Waals surface area contributed by atoms with Crippen molar-refractivity contribution in [3.63, 3.8) is 0 Å². The van der Waals surface area contributed by atoms with Crippen LogP contribution in [0, 0.1) is 12.8 Å². The molecule has 2 atom stereocenters. The first-order valence-electron chi connectivity index (χ1n) is 9.92. The summed E-state index contributed by atoms with van der Waals surface area (Å²) in [7, 11) is -0.226. The van der Waals surface area contributed by atoms with Crippen LogP contribution < -0.4 is 9.47 Å². The van der Waals surface area contributed by atoms with Crippen molar-refractivity contribution in [2.75, 3.05) is 27.3 Å². The number of methoxy groups -OCH3 is 2. The molecule has 0 N–H and O–H groups in total. The van der Waals surface area contributed by atoms with E-state index in [0.717, 1.165) is 24.2 Å². The van der Waals surface area contributed by atoms with Gasteiger partial charge in [-0.2, -0.15) is 4.31 Å². The van der Waals surface area contributed by atoms with Crippen molar-refractivity contribution in [3.8, 4) is 11.5 Å². The number of hydrogen-bond donors (Lipinski definition) is 0. The van der Waals surface area contributed by atoms with Crippen LogP contribution in [-0.4, -0.2) is 40.0 Å². The van der Waals surface area contributed by atoms with Gasteiger partial charge in [0.1, 0.15) is 0 Å². The number of allylic oxidation sites excluding steroid dienone is 1. The molecule has 0 saturated heterocycles. The van der Waals surface area contributed by atoms with Gasteiger partial charge in [-0.1, -0.05) is 29.8 Å². The van der Waals surface area contributed by atoms with Crippen LogP contribution in [-0.2, 0) is 16.4 Å². The Morgan fingerprint density at radius 1 is 1.03 bits per heavy atom. The Morgan fingerprint density at radius 3 is 2.41 bits per heavy atom. The van der Waals surface area contributed by atoms with E-state index in [1.807, 2.05) is 25.1 Å². The maximum absolute atomic E-state index is 13.2. The van der Waals surface area contributed by atoms with Crippen LogP contribution in [0.15, 0.2) is 53.4 Å². The molecule has 0 aromatic heterocycles. The molecule has 0 spiro atoms. The number of hydrogen-bond acceptors (Lipinski definition) is 4. The van der Waals surface area contributed by atoms with Gasteiger partial charge in [-0.15, -0.1) is 0 Å². The van der Waals surface area contributed by atoms with Gasteiger partial charge in [0.05, 0.1) is 19.1 Å². The van der Waals surface area contributed by atoms with Gasteiger partial charge in [-0.3, -0.25) is 0 Å². The Kier molecular flexibility index (Phi) is 5.40. The molecule has 29 heavy (non-hydrogen) atoms. The van der Waals surface area contributed by atoms with Crippen molar-refractivity contribution >= 4 is 10.0 Å². The third-order valence-electron chi connectivity index (χ3n) is 6.05. The van der Waals surface area contributed by atoms with Crippen LogP contribution in [0.4, 0.5) is 0 Å².